The molecule has 0 aliphatic heterocycles. The number of aryl methyl sites for hydroxylation is 1. The molecular formula is C23H25N5O3. The minimum absolute atomic E-state index is 0.0757. The first-order chi connectivity index (χ1) is 14.7. The third kappa shape index (κ3) is 4.56. The average molecular weight is 419 g/mol. The van der Waals surface area contributed by atoms with Gasteiger partial charge in [-0.05, 0) is 57.4 Å². The number of carbonyl (C=O) groups is 1. The molecule has 0 atom stereocenters. The maximum absolute atomic E-state index is 13.0. The molecule has 160 valence electrons. The number of carbonyl (C=O) groups excluding carboxylic acids is 1. The van der Waals surface area contributed by atoms with Gasteiger partial charge in [-0.25, -0.2) is 4.98 Å². The van der Waals surface area contributed by atoms with E-state index in [9.17, 15) is 19.6 Å². The van der Waals surface area contributed by atoms with Crippen molar-refractivity contribution >= 4 is 16.8 Å². The highest BCUT2D eigenvalue weighted by molar-refractivity contribution is 5.78. The van der Waals surface area contributed by atoms with Crippen LogP contribution in [0, 0.1) is 25.2 Å². The van der Waals surface area contributed by atoms with Crippen molar-refractivity contribution in [3.05, 3.63) is 73.2 Å². The van der Waals surface area contributed by atoms with Crippen LogP contribution in [0.3, 0.4) is 0 Å². The number of amides is 1. The van der Waals surface area contributed by atoms with Gasteiger partial charge in [0.15, 0.2) is 0 Å². The summed E-state index contributed by atoms with van der Waals surface area (Å²) in [6.45, 7) is 7.48. The van der Waals surface area contributed by atoms with E-state index in [2.05, 4.69) is 15.0 Å². The zero-order valence-electron chi connectivity index (χ0n) is 18.1. The molecule has 31 heavy (non-hydrogen) atoms. The molecule has 1 aromatic carbocycles. The van der Waals surface area contributed by atoms with Gasteiger partial charge >= 0.3 is 0 Å². The van der Waals surface area contributed by atoms with Crippen LogP contribution in [-0.4, -0.2) is 31.8 Å². The molecule has 3 rings (SSSR count). The Hall–Kier alpha value is -3.73. The van der Waals surface area contributed by atoms with E-state index in [1.54, 1.807) is 36.9 Å². The molecule has 0 bridgehead atoms. The monoisotopic (exact) mass is 419 g/mol. The first kappa shape index (κ1) is 22.0. The van der Waals surface area contributed by atoms with Gasteiger partial charge in [-0.15, -0.1) is 0 Å². The number of nitrogens with one attached hydrogen (secondary N) is 2. The second-order valence-electron chi connectivity index (χ2n) is 7.81. The van der Waals surface area contributed by atoms with Gasteiger partial charge in [0.1, 0.15) is 17.5 Å². The largest absolute Gasteiger partial charge is 0.333 e. The summed E-state index contributed by atoms with van der Waals surface area (Å²) in [6.07, 6.45) is 0.599. The number of nitriles is 1. The Bertz CT molecular complexity index is 1300. The van der Waals surface area contributed by atoms with Crippen molar-refractivity contribution in [1.29, 1.82) is 5.26 Å². The molecule has 2 heterocycles. The summed E-state index contributed by atoms with van der Waals surface area (Å²) in [4.78, 5) is 48.9. The summed E-state index contributed by atoms with van der Waals surface area (Å²) < 4.78 is 0. The van der Waals surface area contributed by atoms with Crippen molar-refractivity contribution < 1.29 is 4.79 Å². The third-order valence-corrected chi connectivity index (χ3v) is 5.43. The van der Waals surface area contributed by atoms with E-state index in [-0.39, 0.29) is 36.0 Å². The van der Waals surface area contributed by atoms with E-state index in [1.807, 2.05) is 26.0 Å². The Balaban J connectivity index is 1.82. The number of nitrogens with zero attached hydrogens (tertiary/aromatic N) is 3. The van der Waals surface area contributed by atoms with Crippen molar-refractivity contribution in [2.75, 3.05) is 0 Å². The van der Waals surface area contributed by atoms with Gasteiger partial charge in [-0.3, -0.25) is 14.4 Å². The summed E-state index contributed by atoms with van der Waals surface area (Å²) in [5.41, 5.74) is 2.07. The Labute approximate surface area is 179 Å². The molecule has 0 aliphatic rings. The van der Waals surface area contributed by atoms with Crippen molar-refractivity contribution in [3.8, 4) is 6.07 Å². The number of aromatic amines is 2. The lowest BCUT2D eigenvalue weighted by molar-refractivity contribution is -0.133. The van der Waals surface area contributed by atoms with Crippen LogP contribution in [0.1, 0.15) is 48.5 Å². The second-order valence-corrected chi connectivity index (χ2v) is 7.81. The molecule has 0 radical (unpaired) electrons. The Kier molecular flexibility index (Phi) is 6.35. The third-order valence-electron chi connectivity index (χ3n) is 5.43. The number of fused-ring (bicyclic) bond motifs is 1. The second kappa shape index (κ2) is 8.96. The highest BCUT2D eigenvalue weighted by atomic mass is 16.2. The highest BCUT2D eigenvalue weighted by Gasteiger charge is 2.20. The molecule has 0 saturated heterocycles. The Morgan fingerprint density at radius 2 is 1.87 bits per heavy atom. The predicted octanol–water partition coefficient (Wildman–Crippen LogP) is 2.47. The number of hydrogen-bond acceptors (Lipinski definition) is 5. The first-order valence-corrected chi connectivity index (χ1v) is 10.1. The fourth-order valence-corrected chi connectivity index (χ4v) is 3.73. The lowest BCUT2D eigenvalue weighted by Crippen LogP contribution is -2.37. The van der Waals surface area contributed by atoms with E-state index in [0.717, 1.165) is 5.56 Å². The summed E-state index contributed by atoms with van der Waals surface area (Å²) in [7, 11) is 0. The van der Waals surface area contributed by atoms with Crippen LogP contribution in [0.5, 0.6) is 0 Å². The minimum atomic E-state index is -0.414. The minimum Gasteiger partial charge on any atom is -0.333 e. The van der Waals surface area contributed by atoms with Crippen LogP contribution in [0.25, 0.3) is 10.9 Å². The van der Waals surface area contributed by atoms with E-state index < -0.39 is 5.56 Å². The normalized spacial score (nSPS) is 11.0. The molecule has 0 fully saturated rings. The zero-order chi connectivity index (χ0) is 22.7. The molecular weight excluding hydrogens is 394 g/mol. The number of H-pyrrole nitrogens is 2. The van der Waals surface area contributed by atoms with Crippen LogP contribution in [0.15, 0.2) is 33.9 Å². The lowest BCUT2D eigenvalue weighted by atomic mass is 9.98. The first-order valence-electron chi connectivity index (χ1n) is 10.1. The molecule has 0 spiro atoms. The van der Waals surface area contributed by atoms with E-state index in [0.29, 0.717) is 34.4 Å². The number of pyridine rings is 1. The van der Waals surface area contributed by atoms with Crippen molar-refractivity contribution in [2.24, 2.45) is 0 Å². The number of benzene rings is 1. The molecule has 8 heteroatoms. The Morgan fingerprint density at radius 1 is 1.16 bits per heavy atom. The van der Waals surface area contributed by atoms with Crippen LogP contribution >= 0.6 is 0 Å². The molecule has 0 aliphatic carbocycles. The SMILES string of the molecule is Cc1[nH]c(=O)c(C#N)c(C)c1CCC(=O)N(Cc1nc2ccccc2c(=O)[nH]1)C(C)C. The highest BCUT2D eigenvalue weighted by Crippen LogP contribution is 2.17. The van der Waals surface area contributed by atoms with E-state index in [4.69, 9.17) is 0 Å². The quantitative estimate of drug-likeness (QED) is 0.635. The lowest BCUT2D eigenvalue weighted by Gasteiger charge is -2.26. The van der Waals surface area contributed by atoms with Crippen LogP contribution in [0.4, 0.5) is 0 Å². The van der Waals surface area contributed by atoms with Crippen LogP contribution in [-0.2, 0) is 17.8 Å². The smallest absolute Gasteiger partial charge is 0.266 e. The maximum Gasteiger partial charge on any atom is 0.266 e. The van der Waals surface area contributed by atoms with E-state index >= 15 is 0 Å². The molecule has 2 aromatic heterocycles. The Morgan fingerprint density at radius 3 is 2.55 bits per heavy atom. The summed E-state index contributed by atoms with van der Waals surface area (Å²) in [5.74, 6) is 0.322. The van der Waals surface area contributed by atoms with Crippen molar-refractivity contribution in [1.82, 2.24) is 19.9 Å². The van der Waals surface area contributed by atoms with Crippen molar-refractivity contribution in [2.45, 2.75) is 53.1 Å². The number of aromatic nitrogens is 3. The number of para-hydroxylation sites is 1. The van der Waals surface area contributed by atoms with Gasteiger partial charge in [0.25, 0.3) is 11.1 Å². The molecule has 2 N–H and O–H groups in total. The van der Waals surface area contributed by atoms with Gasteiger partial charge in [0, 0.05) is 18.2 Å². The average Bonchev–Trinajstić information content (AvgIpc) is 2.71. The van der Waals surface area contributed by atoms with E-state index in [1.165, 1.54) is 0 Å². The summed E-state index contributed by atoms with van der Waals surface area (Å²) in [6, 6.07) is 8.90. The standard InChI is InChI=1S/C23H25N5O3/c1-13(2)28(12-20-26-19-8-6-5-7-17(19)22(30)27-20)21(29)10-9-16-14(3)18(11-24)23(31)25-15(16)4/h5-8,13H,9-10,12H2,1-4H3,(H,25,31)(H,26,27,30). The maximum atomic E-state index is 13.0. The summed E-state index contributed by atoms with van der Waals surface area (Å²) in [5, 5.41) is 9.74. The predicted molar refractivity (Wildman–Crippen MR) is 118 cm³/mol. The fourth-order valence-electron chi connectivity index (χ4n) is 3.73. The van der Waals surface area contributed by atoms with Gasteiger partial charge in [-0.2, -0.15) is 5.26 Å². The number of rotatable bonds is 6. The fraction of sp³-hybridized carbons (Fsp3) is 0.348. The molecule has 8 nitrogen and oxygen atoms in total. The number of hydrogen-bond donors (Lipinski definition) is 2. The van der Waals surface area contributed by atoms with Crippen molar-refractivity contribution in [3.63, 3.8) is 0 Å². The van der Waals surface area contributed by atoms with Gasteiger partial charge < -0.3 is 14.9 Å². The summed E-state index contributed by atoms with van der Waals surface area (Å²) >= 11 is 0. The van der Waals surface area contributed by atoms with Gasteiger partial charge in [-0.1, -0.05) is 12.1 Å². The molecule has 0 saturated carbocycles. The molecule has 1 amide bonds. The van der Waals surface area contributed by atoms with Gasteiger partial charge in [0.05, 0.1) is 17.4 Å². The van der Waals surface area contributed by atoms with Gasteiger partial charge in [0.2, 0.25) is 5.91 Å². The van der Waals surface area contributed by atoms with Crippen LogP contribution in [0.2, 0.25) is 0 Å². The molecule has 3 aromatic rings. The zero-order valence-corrected chi connectivity index (χ0v) is 18.1. The molecule has 0 unspecified atom stereocenters. The topological polar surface area (TPSA) is 123 Å². The van der Waals surface area contributed by atoms with Crippen LogP contribution < -0.4 is 11.1 Å².